The summed E-state index contributed by atoms with van der Waals surface area (Å²) < 4.78 is 4.97. The lowest BCUT2D eigenvalue weighted by Crippen LogP contribution is -2.13. The molecule has 0 saturated heterocycles. The fraction of sp³-hybridized carbons (Fsp3) is 0.0556. The molecule has 8 heteroatoms. The Balaban J connectivity index is 1.74. The molecule has 2 aromatic heterocycles. The highest BCUT2D eigenvalue weighted by molar-refractivity contribution is 6.42. The fourth-order valence-corrected chi connectivity index (χ4v) is 2.95. The van der Waals surface area contributed by atoms with Gasteiger partial charge in [-0.2, -0.15) is 0 Å². The van der Waals surface area contributed by atoms with Crippen LogP contribution < -0.4 is 5.32 Å². The zero-order valence-electron chi connectivity index (χ0n) is 13.5. The minimum atomic E-state index is -0.314. The highest BCUT2D eigenvalue weighted by atomic mass is 35.5. The van der Waals surface area contributed by atoms with Gasteiger partial charge in [0.1, 0.15) is 11.6 Å². The first-order valence-electron chi connectivity index (χ1n) is 7.70. The van der Waals surface area contributed by atoms with Crippen molar-refractivity contribution >= 4 is 46.0 Å². The van der Waals surface area contributed by atoms with Crippen molar-refractivity contribution in [2.75, 3.05) is 5.32 Å². The van der Waals surface area contributed by atoms with E-state index in [0.29, 0.717) is 44.1 Å². The maximum absolute atomic E-state index is 12.7. The third-order valence-electron chi connectivity index (χ3n) is 3.82. The molecule has 0 fully saturated rings. The summed E-state index contributed by atoms with van der Waals surface area (Å²) in [5.41, 5.74) is 2.49. The quantitative estimate of drug-likeness (QED) is 0.513. The fourth-order valence-electron chi connectivity index (χ4n) is 2.63. The Bertz CT molecular complexity index is 1090. The number of nitrogens with zero attached hydrogens (tertiary/aromatic N) is 2. The number of amides is 1. The zero-order chi connectivity index (χ0) is 18.3. The van der Waals surface area contributed by atoms with Crippen LogP contribution in [-0.2, 0) is 0 Å². The normalized spacial score (nSPS) is 11.0. The first-order chi connectivity index (χ1) is 12.5. The van der Waals surface area contributed by atoms with Crippen LogP contribution in [0, 0.1) is 6.92 Å². The molecule has 2 heterocycles. The van der Waals surface area contributed by atoms with Gasteiger partial charge in [0.15, 0.2) is 5.82 Å². The summed E-state index contributed by atoms with van der Waals surface area (Å²) in [4.78, 5) is 20.4. The third-order valence-corrected chi connectivity index (χ3v) is 4.54. The number of rotatable bonds is 3. The van der Waals surface area contributed by atoms with Gasteiger partial charge in [-0.25, -0.2) is 4.98 Å². The molecule has 0 saturated carbocycles. The van der Waals surface area contributed by atoms with Crippen LogP contribution in [0.3, 0.4) is 0 Å². The van der Waals surface area contributed by atoms with E-state index in [4.69, 9.17) is 27.7 Å². The van der Waals surface area contributed by atoms with Gasteiger partial charge < -0.3 is 14.8 Å². The van der Waals surface area contributed by atoms with E-state index in [2.05, 4.69) is 20.4 Å². The van der Waals surface area contributed by atoms with Crippen LogP contribution in [0.15, 0.2) is 47.0 Å². The standard InChI is InChI=1S/C18H12Cl2N4O2/c1-9-6-16(24-26-9)23-18(25)11-5-3-2-4-10(11)17-21-14-7-12(19)13(20)8-15(14)22-17/h2-8H,1H3,(H,21,22)(H,23,24,25). The van der Waals surface area contributed by atoms with Crippen molar-refractivity contribution < 1.29 is 9.32 Å². The first kappa shape index (κ1) is 16.6. The second-order valence-corrected chi connectivity index (χ2v) is 6.51. The molecule has 26 heavy (non-hydrogen) atoms. The topological polar surface area (TPSA) is 83.8 Å². The van der Waals surface area contributed by atoms with Gasteiger partial charge in [0.2, 0.25) is 0 Å². The second-order valence-electron chi connectivity index (χ2n) is 5.69. The minimum Gasteiger partial charge on any atom is -0.360 e. The number of anilines is 1. The number of hydrogen-bond acceptors (Lipinski definition) is 4. The van der Waals surface area contributed by atoms with Crippen molar-refractivity contribution in [2.24, 2.45) is 0 Å². The molecule has 2 aromatic carbocycles. The van der Waals surface area contributed by atoms with Gasteiger partial charge in [0.05, 0.1) is 26.6 Å². The molecule has 0 spiro atoms. The summed E-state index contributed by atoms with van der Waals surface area (Å²) in [5.74, 6) is 1.19. The first-order valence-corrected chi connectivity index (χ1v) is 8.45. The highest BCUT2D eigenvalue weighted by Gasteiger charge is 2.17. The summed E-state index contributed by atoms with van der Waals surface area (Å²) in [6.07, 6.45) is 0. The Morgan fingerprint density at radius 2 is 1.92 bits per heavy atom. The van der Waals surface area contributed by atoms with Crippen LogP contribution in [0.25, 0.3) is 22.4 Å². The van der Waals surface area contributed by atoms with E-state index in [0.717, 1.165) is 5.52 Å². The zero-order valence-corrected chi connectivity index (χ0v) is 15.0. The maximum atomic E-state index is 12.7. The van der Waals surface area contributed by atoms with Gasteiger partial charge in [-0.3, -0.25) is 4.79 Å². The summed E-state index contributed by atoms with van der Waals surface area (Å²) in [6, 6.07) is 12.2. The Labute approximate surface area is 158 Å². The SMILES string of the molecule is Cc1cc(NC(=O)c2ccccc2-c2nc3cc(Cl)c(Cl)cc3[nH]2)no1. The number of nitrogens with one attached hydrogen (secondary N) is 2. The van der Waals surface area contributed by atoms with Crippen LogP contribution in [0.2, 0.25) is 10.0 Å². The minimum absolute atomic E-state index is 0.314. The third kappa shape index (κ3) is 3.05. The maximum Gasteiger partial charge on any atom is 0.257 e. The number of halogens is 2. The van der Waals surface area contributed by atoms with Crippen molar-refractivity contribution in [3.05, 3.63) is 63.8 Å². The molecule has 0 bridgehead atoms. The lowest BCUT2D eigenvalue weighted by molar-refractivity contribution is 0.102. The number of hydrogen-bond donors (Lipinski definition) is 2. The van der Waals surface area contributed by atoms with Crippen LogP contribution in [0.4, 0.5) is 5.82 Å². The molecule has 1 amide bonds. The Morgan fingerprint density at radius 1 is 1.15 bits per heavy atom. The number of fused-ring (bicyclic) bond motifs is 1. The molecule has 2 N–H and O–H groups in total. The van der Waals surface area contributed by atoms with Crippen molar-refractivity contribution in [3.63, 3.8) is 0 Å². The number of benzene rings is 2. The number of aromatic nitrogens is 3. The van der Waals surface area contributed by atoms with Crippen molar-refractivity contribution in [1.82, 2.24) is 15.1 Å². The molecule has 0 radical (unpaired) electrons. The van der Waals surface area contributed by atoms with E-state index in [1.807, 2.05) is 12.1 Å². The number of carbonyl (C=O) groups is 1. The molecule has 6 nitrogen and oxygen atoms in total. The molecule has 4 aromatic rings. The Hall–Kier alpha value is -2.83. The average molecular weight is 387 g/mol. The number of aryl methyl sites for hydroxylation is 1. The van der Waals surface area contributed by atoms with E-state index in [-0.39, 0.29) is 5.91 Å². The summed E-state index contributed by atoms with van der Waals surface area (Å²) in [5, 5.41) is 7.34. The molecule has 4 rings (SSSR count). The number of H-pyrrole nitrogens is 1. The molecular formula is C18H12Cl2N4O2. The lowest BCUT2D eigenvalue weighted by Gasteiger charge is -2.06. The number of carbonyl (C=O) groups excluding carboxylic acids is 1. The van der Waals surface area contributed by atoms with E-state index in [9.17, 15) is 4.79 Å². The van der Waals surface area contributed by atoms with Crippen LogP contribution in [0.5, 0.6) is 0 Å². The monoisotopic (exact) mass is 386 g/mol. The predicted molar refractivity (Wildman–Crippen MR) is 101 cm³/mol. The summed E-state index contributed by atoms with van der Waals surface area (Å²) in [6.45, 7) is 1.75. The molecule has 0 aliphatic heterocycles. The summed E-state index contributed by atoms with van der Waals surface area (Å²) in [7, 11) is 0. The van der Waals surface area contributed by atoms with E-state index in [1.165, 1.54) is 0 Å². The lowest BCUT2D eigenvalue weighted by atomic mass is 10.1. The van der Waals surface area contributed by atoms with Gasteiger partial charge >= 0.3 is 0 Å². The number of aromatic amines is 1. The van der Waals surface area contributed by atoms with Crippen molar-refractivity contribution in [3.8, 4) is 11.4 Å². The number of imidazole rings is 1. The van der Waals surface area contributed by atoms with Gasteiger partial charge in [0, 0.05) is 11.6 Å². The second kappa shape index (κ2) is 6.48. The molecule has 0 aliphatic carbocycles. The smallest absolute Gasteiger partial charge is 0.257 e. The largest absolute Gasteiger partial charge is 0.360 e. The predicted octanol–water partition coefficient (Wildman–Crippen LogP) is 5.09. The van der Waals surface area contributed by atoms with E-state index >= 15 is 0 Å². The van der Waals surface area contributed by atoms with Crippen LogP contribution in [-0.4, -0.2) is 21.0 Å². The highest BCUT2D eigenvalue weighted by Crippen LogP contribution is 2.30. The van der Waals surface area contributed by atoms with Gasteiger partial charge in [-0.15, -0.1) is 0 Å². The van der Waals surface area contributed by atoms with Crippen molar-refractivity contribution in [1.29, 1.82) is 0 Å². The average Bonchev–Trinajstić information content (AvgIpc) is 3.21. The molecule has 0 atom stereocenters. The summed E-state index contributed by atoms with van der Waals surface area (Å²) >= 11 is 12.1. The van der Waals surface area contributed by atoms with Crippen molar-refractivity contribution in [2.45, 2.75) is 6.92 Å². The Kier molecular flexibility index (Phi) is 4.14. The molecule has 0 aliphatic rings. The van der Waals surface area contributed by atoms with Gasteiger partial charge in [0.25, 0.3) is 5.91 Å². The Morgan fingerprint density at radius 3 is 2.69 bits per heavy atom. The van der Waals surface area contributed by atoms with Gasteiger partial charge in [-0.05, 0) is 25.1 Å². The molecular weight excluding hydrogens is 375 g/mol. The van der Waals surface area contributed by atoms with Gasteiger partial charge in [-0.1, -0.05) is 46.6 Å². The molecule has 130 valence electrons. The van der Waals surface area contributed by atoms with E-state index < -0.39 is 0 Å². The van der Waals surface area contributed by atoms with E-state index in [1.54, 1.807) is 37.3 Å². The van der Waals surface area contributed by atoms with Crippen LogP contribution in [0.1, 0.15) is 16.1 Å². The molecule has 0 unspecified atom stereocenters. The van der Waals surface area contributed by atoms with Crippen LogP contribution >= 0.6 is 23.2 Å².